The molecule has 0 amide bonds. The van der Waals surface area contributed by atoms with Crippen molar-refractivity contribution in [3.05, 3.63) is 96.7 Å². The average Bonchev–Trinajstić information content (AvgIpc) is 2.95. The Kier molecular flexibility index (Phi) is 7.68. The Hall–Kier alpha value is -4.08. The first kappa shape index (κ1) is 28.4. The first-order valence-corrected chi connectivity index (χ1v) is 16.8. The highest BCUT2D eigenvalue weighted by Crippen LogP contribution is 2.36. The number of hydrogen-bond acceptors (Lipinski definition) is 7. The van der Waals surface area contributed by atoms with Crippen LogP contribution in [0.5, 0.6) is 5.88 Å². The maximum Gasteiger partial charge on any atom is 0.213 e. The van der Waals surface area contributed by atoms with Crippen LogP contribution >= 0.6 is 0 Å². The molecule has 41 heavy (non-hydrogen) atoms. The first-order chi connectivity index (χ1) is 19.4. The van der Waals surface area contributed by atoms with Crippen LogP contribution in [-0.2, 0) is 26.1 Å². The van der Waals surface area contributed by atoms with Crippen LogP contribution in [-0.4, -0.2) is 51.7 Å². The fourth-order valence-corrected chi connectivity index (χ4v) is 5.92. The van der Waals surface area contributed by atoms with Gasteiger partial charge in [-0.1, -0.05) is 36.4 Å². The fourth-order valence-electron chi connectivity index (χ4n) is 4.80. The second kappa shape index (κ2) is 11.1. The Bertz CT molecular complexity index is 1970. The van der Waals surface area contributed by atoms with Gasteiger partial charge >= 0.3 is 0 Å². The van der Waals surface area contributed by atoms with Crippen molar-refractivity contribution in [2.75, 3.05) is 19.6 Å². The number of methoxy groups -OCH3 is 1. The zero-order valence-corrected chi connectivity index (χ0v) is 24.8. The molecule has 0 fully saturated rings. The lowest BCUT2D eigenvalue weighted by molar-refractivity contribution is 0.398. The summed E-state index contributed by atoms with van der Waals surface area (Å²) in [5.41, 5.74) is 6.72. The van der Waals surface area contributed by atoms with Gasteiger partial charge in [-0.05, 0) is 72.5 Å². The number of pyridine rings is 2. The number of fused-ring (bicyclic) bond motifs is 1. The summed E-state index contributed by atoms with van der Waals surface area (Å²) < 4.78 is 53.7. The summed E-state index contributed by atoms with van der Waals surface area (Å²) in [5, 5.41) is 0.418. The molecule has 2 aromatic heterocycles. The third kappa shape index (κ3) is 6.16. The van der Waals surface area contributed by atoms with Gasteiger partial charge in [0, 0.05) is 46.9 Å². The zero-order valence-electron chi connectivity index (χ0n) is 23.2. The van der Waals surface area contributed by atoms with Gasteiger partial charge < -0.3 is 4.74 Å². The van der Waals surface area contributed by atoms with Gasteiger partial charge in [0.2, 0.25) is 5.88 Å². The van der Waals surface area contributed by atoms with Gasteiger partial charge in [0.15, 0.2) is 9.84 Å². The van der Waals surface area contributed by atoms with E-state index in [0.717, 1.165) is 44.3 Å². The van der Waals surface area contributed by atoms with Gasteiger partial charge in [-0.25, -0.2) is 21.8 Å². The molecule has 0 saturated carbocycles. The Morgan fingerprint density at radius 2 is 1.49 bits per heavy atom. The van der Waals surface area contributed by atoms with E-state index < -0.39 is 24.9 Å². The molecule has 0 bridgehead atoms. The summed E-state index contributed by atoms with van der Waals surface area (Å²) in [6, 6.07) is 26.3. The second-order valence-corrected chi connectivity index (χ2v) is 14.7. The van der Waals surface area contributed by atoms with E-state index in [1.807, 2.05) is 48.5 Å². The SMILES string of the molecule is COc1ccc(-c2cccc(-c3cc(CC(C)S(C)(=O)=O)cc4cccnc34)c2)c(-c2ccc(S(C)(=O)=O)cc2)n1. The van der Waals surface area contributed by atoms with E-state index >= 15 is 0 Å². The van der Waals surface area contributed by atoms with Crippen LogP contribution in [0.25, 0.3) is 44.4 Å². The van der Waals surface area contributed by atoms with E-state index in [-0.39, 0.29) is 4.90 Å². The maximum atomic E-state index is 12.2. The average molecular weight is 587 g/mol. The van der Waals surface area contributed by atoms with Crippen molar-refractivity contribution in [2.24, 2.45) is 0 Å². The number of aromatic nitrogens is 2. The highest BCUT2D eigenvalue weighted by molar-refractivity contribution is 7.91. The van der Waals surface area contributed by atoms with Crippen molar-refractivity contribution >= 4 is 30.6 Å². The van der Waals surface area contributed by atoms with Crippen molar-refractivity contribution in [2.45, 2.75) is 23.5 Å². The maximum absolute atomic E-state index is 12.2. The Labute approximate surface area is 240 Å². The van der Waals surface area contributed by atoms with Crippen LogP contribution in [0.4, 0.5) is 0 Å². The first-order valence-electron chi connectivity index (χ1n) is 13.0. The third-order valence-electron chi connectivity index (χ3n) is 7.14. The number of benzene rings is 3. The van der Waals surface area contributed by atoms with Crippen LogP contribution in [0.3, 0.4) is 0 Å². The largest absolute Gasteiger partial charge is 0.481 e. The molecule has 0 N–H and O–H groups in total. The highest BCUT2D eigenvalue weighted by atomic mass is 32.2. The molecule has 0 radical (unpaired) electrons. The third-order valence-corrected chi connectivity index (χ3v) is 9.89. The van der Waals surface area contributed by atoms with Crippen LogP contribution in [0.15, 0.2) is 96.0 Å². The summed E-state index contributed by atoms with van der Waals surface area (Å²) in [5.74, 6) is 0.440. The molecule has 0 aliphatic rings. The Morgan fingerprint density at radius 3 is 2.15 bits per heavy atom. The van der Waals surface area contributed by atoms with Crippen LogP contribution in [0, 0.1) is 0 Å². The van der Waals surface area contributed by atoms with Crippen molar-refractivity contribution in [1.29, 1.82) is 0 Å². The van der Waals surface area contributed by atoms with Crippen LogP contribution in [0.2, 0.25) is 0 Å². The lowest BCUT2D eigenvalue weighted by atomic mass is 9.93. The molecule has 1 unspecified atom stereocenters. The van der Waals surface area contributed by atoms with Crippen molar-refractivity contribution in [3.63, 3.8) is 0 Å². The molecule has 5 rings (SSSR count). The smallest absolute Gasteiger partial charge is 0.213 e. The molecular formula is C32H30N2O5S2. The van der Waals surface area contributed by atoms with E-state index in [1.54, 1.807) is 50.6 Å². The monoisotopic (exact) mass is 586 g/mol. The standard InChI is InChI=1S/C32H30N2O5S2/c1-21(40(3,35)36)17-22-18-26-9-6-16-33-31(26)29(19-22)25-8-5-7-24(20-25)28-14-15-30(39-2)34-32(28)23-10-12-27(13-11-23)41(4,37)38/h5-16,18-21H,17H2,1-4H3. The van der Waals surface area contributed by atoms with E-state index in [2.05, 4.69) is 11.1 Å². The van der Waals surface area contributed by atoms with Gasteiger partial charge in [-0.2, -0.15) is 0 Å². The summed E-state index contributed by atoms with van der Waals surface area (Å²) >= 11 is 0. The fraction of sp³-hybridized carbons (Fsp3) is 0.188. The number of hydrogen-bond donors (Lipinski definition) is 0. The number of ether oxygens (including phenoxy) is 1. The number of sulfone groups is 2. The van der Waals surface area contributed by atoms with Crippen molar-refractivity contribution in [3.8, 4) is 39.4 Å². The minimum Gasteiger partial charge on any atom is -0.481 e. The second-order valence-electron chi connectivity index (χ2n) is 10.2. The van der Waals surface area contributed by atoms with E-state index in [1.165, 1.54) is 12.5 Å². The van der Waals surface area contributed by atoms with Gasteiger partial charge in [0.05, 0.1) is 28.5 Å². The van der Waals surface area contributed by atoms with Crippen molar-refractivity contribution < 1.29 is 21.6 Å². The van der Waals surface area contributed by atoms with Crippen LogP contribution in [0.1, 0.15) is 12.5 Å². The molecule has 0 spiro atoms. The topological polar surface area (TPSA) is 103 Å². The van der Waals surface area contributed by atoms with Gasteiger partial charge in [0.25, 0.3) is 0 Å². The molecule has 3 aromatic carbocycles. The quantitative estimate of drug-likeness (QED) is 0.219. The molecular weight excluding hydrogens is 556 g/mol. The molecule has 210 valence electrons. The lowest BCUT2D eigenvalue weighted by Gasteiger charge is -2.15. The lowest BCUT2D eigenvalue weighted by Crippen LogP contribution is -2.18. The van der Waals surface area contributed by atoms with Gasteiger partial charge in [0.1, 0.15) is 9.84 Å². The van der Waals surface area contributed by atoms with E-state index in [4.69, 9.17) is 9.72 Å². The van der Waals surface area contributed by atoms with E-state index in [0.29, 0.717) is 18.0 Å². The molecule has 5 aromatic rings. The summed E-state index contributed by atoms with van der Waals surface area (Å²) in [7, 11) is -4.97. The molecule has 2 heterocycles. The van der Waals surface area contributed by atoms with Crippen molar-refractivity contribution in [1.82, 2.24) is 9.97 Å². The Balaban J connectivity index is 1.64. The zero-order chi connectivity index (χ0) is 29.4. The summed E-state index contributed by atoms with van der Waals surface area (Å²) in [4.78, 5) is 9.59. The molecule has 0 aliphatic heterocycles. The van der Waals surface area contributed by atoms with Crippen LogP contribution < -0.4 is 4.74 Å². The number of rotatable bonds is 8. The van der Waals surface area contributed by atoms with Gasteiger partial charge in [-0.3, -0.25) is 4.98 Å². The molecule has 7 nitrogen and oxygen atoms in total. The van der Waals surface area contributed by atoms with E-state index in [9.17, 15) is 16.8 Å². The Morgan fingerprint density at radius 1 is 0.780 bits per heavy atom. The summed E-state index contributed by atoms with van der Waals surface area (Å²) in [6.07, 6.45) is 4.59. The molecule has 1 atom stereocenters. The predicted octanol–water partition coefficient (Wildman–Crippen LogP) is 6.02. The normalized spacial score (nSPS) is 12.8. The molecule has 0 aliphatic carbocycles. The number of nitrogens with zero attached hydrogens (tertiary/aromatic N) is 2. The summed E-state index contributed by atoms with van der Waals surface area (Å²) in [6.45, 7) is 1.73. The molecule has 9 heteroatoms. The molecule has 0 saturated heterocycles. The predicted molar refractivity (Wildman–Crippen MR) is 164 cm³/mol. The minimum absolute atomic E-state index is 0.233. The minimum atomic E-state index is -3.34. The van der Waals surface area contributed by atoms with Gasteiger partial charge in [-0.15, -0.1) is 0 Å². The highest BCUT2D eigenvalue weighted by Gasteiger charge is 2.18.